The minimum Gasteiger partial charge on any atom is -0.354 e. The van der Waals surface area contributed by atoms with E-state index in [0.29, 0.717) is 10.4 Å². The highest BCUT2D eigenvalue weighted by Crippen LogP contribution is 2.26. The van der Waals surface area contributed by atoms with Gasteiger partial charge in [-0.1, -0.05) is 17.7 Å². The van der Waals surface area contributed by atoms with Crippen LogP contribution in [0.25, 0.3) is 0 Å². The smallest absolute Gasteiger partial charge is 0.264 e. The van der Waals surface area contributed by atoms with Crippen molar-refractivity contribution in [2.24, 2.45) is 0 Å². The van der Waals surface area contributed by atoms with Crippen LogP contribution >= 0.6 is 22.9 Å². The molecule has 0 aliphatic carbocycles. The lowest BCUT2D eigenvalue weighted by atomic mass is 10.1. The summed E-state index contributed by atoms with van der Waals surface area (Å²) in [4.78, 5) is 24.2. The Morgan fingerprint density at radius 1 is 1.12 bits per heavy atom. The van der Waals surface area contributed by atoms with E-state index in [1.807, 2.05) is 29.3 Å². The highest BCUT2D eigenvalue weighted by atomic mass is 35.5. The molecule has 0 aromatic carbocycles. The van der Waals surface area contributed by atoms with E-state index in [2.05, 4.69) is 20.9 Å². The van der Waals surface area contributed by atoms with Gasteiger partial charge in [0.2, 0.25) is 0 Å². The Balaban J connectivity index is 1.27. The van der Waals surface area contributed by atoms with Crippen LogP contribution in [0.15, 0.2) is 36.5 Å². The number of carbonyl (C=O) groups is 1. The SMILES string of the molecule is O=C(c1ccc(Cl)s1)N1CC(N2CCN(c3ccccn3)CC2)C1. The first-order chi connectivity index (χ1) is 11.7. The van der Waals surface area contributed by atoms with Crippen molar-refractivity contribution in [3.8, 4) is 0 Å². The first kappa shape index (κ1) is 15.9. The Bertz CT molecular complexity index is 708. The van der Waals surface area contributed by atoms with Gasteiger partial charge in [0.05, 0.1) is 9.21 Å². The fourth-order valence-corrected chi connectivity index (χ4v) is 4.31. The molecule has 1 amide bonds. The number of pyridine rings is 1. The lowest BCUT2D eigenvalue weighted by Crippen LogP contribution is -2.64. The van der Waals surface area contributed by atoms with E-state index >= 15 is 0 Å². The summed E-state index contributed by atoms with van der Waals surface area (Å²) in [6, 6.07) is 10.1. The third-order valence-electron chi connectivity index (χ3n) is 4.74. The van der Waals surface area contributed by atoms with Gasteiger partial charge < -0.3 is 9.80 Å². The number of nitrogens with zero attached hydrogens (tertiary/aromatic N) is 4. The first-order valence-corrected chi connectivity index (χ1v) is 9.35. The maximum Gasteiger partial charge on any atom is 0.264 e. The molecule has 2 aromatic heterocycles. The Labute approximate surface area is 150 Å². The Kier molecular flexibility index (Phi) is 4.43. The van der Waals surface area contributed by atoms with Crippen molar-refractivity contribution in [2.75, 3.05) is 44.2 Å². The molecule has 0 N–H and O–H groups in total. The van der Waals surface area contributed by atoms with Gasteiger partial charge in [-0.25, -0.2) is 4.98 Å². The summed E-state index contributed by atoms with van der Waals surface area (Å²) in [7, 11) is 0. The predicted molar refractivity (Wildman–Crippen MR) is 97.0 cm³/mol. The van der Waals surface area contributed by atoms with Crippen molar-refractivity contribution < 1.29 is 4.79 Å². The zero-order valence-corrected chi connectivity index (χ0v) is 14.8. The Morgan fingerprint density at radius 3 is 2.54 bits per heavy atom. The summed E-state index contributed by atoms with van der Waals surface area (Å²) in [6.07, 6.45) is 1.84. The average molecular weight is 363 g/mol. The van der Waals surface area contributed by atoms with E-state index in [9.17, 15) is 4.79 Å². The third kappa shape index (κ3) is 3.14. The van der Waals surface area contributed by atoms with Crippen molar-refractivity contribution in [2.45, 2.75) is 6.04 Å². The highest BCUT2D eigenvalue weighted by molar-refractivity contribution is 7.17. The van der Waals surface area contributed by atoms with Crippen LogP contribution in [0, 0.1) is 0 Å². The van der Waals surface area contributed by atoms with Gasteiger partial charge in [0, 0.05) is 51.5 Å². The fraction of sp³-hybridized carbons (Fsp3) is 0.412. The number of hydrogen-bond acceptors (Lipinski definition) is 5. The molecular weight excluding hydrogens is 344 g/mol. The molecular formula is C17H19ClN4OS. The lowest BCUT2D eigenvalue weighted by molar-refractivity contribution is 0.0250. The Hall–Kier alpha value is -1.63. The van der Waals surface area contributed by atoms with Crippen LogP contribution in [-0.4, -0.2) is 66.0 Å². The van der Waals surface area contributed by atoms with E-state index in [-0.39, 0.29) is 5.91 Å². The van der Waals surface area contributed by atoms with Crippen molar-refractivity contribution in [3.63, 3.8) is 0 Å². The average Bonchev–Trinajstić information content (AvgIpc) is 3.01. The molecule has 24 heavy (non-hydrogen) atoms. The normalized spacial score (nSPS) is 19.4. The number of halogens is 1. The fourth-order valence-electron chi connectivity index (χ4n) is 3.29. The second kappa shape index (κ2) is 6.70. The molecule has 2 fully saturated rings. The van der Waals surface area contributed by atoms with Gasteiger partial charge in [0.25, 0.3) is 5.91 Å². The number of rotatable bonds is 3. The highest BCUT2D eigenvalue weighted by Gasteiger charge is 2.36. The molecule has 2 aliphatic rings. The summed E-state index contributed by atoms with van der Waals surface area (Å²) in [5.41, 5.74) is 0. The van der Waals surface area contributed by atoms with Gasteiger partial charge in [0.15, 0.2) is 0 Å². The molecule has 2 aliphatic heterocycles. The van der Waals surface area contributed by atoms with Gasteiger partial charge in [-0.05, 0) is 24.3 Å². The molecule has 126 valence electrons. The topological polar surface area (TPSA) is 39.7 Å². The van der Waals surface area contributed by atoms with Crippen molar-refractivity contribution in [1.82, 2.24) is 14.8 Å². The number of aromatic nitrogens is 1. The molecule has 4 rings (SSSR count). The third-order valence-corrected chi connectivity index (χ3v) is 5.96. The van der Waals surface area contributed by atoms with Gasteiger partial charge in [-0.15, -0.1) is 11.3 Å². The number of carbonyl (C=O) groups excluding carboxylic acids is 1. The van der Waals surface area contributed by atoms with Crippen LogP contribution in [0.5, 0.6) is 0 Å². The number of hydrogen-bond donors (Lipinski definition) is 0. The second-order valence-electron chi connectivity index (χ2n) is 6.18. The standard InChI is InChI=1S/C17H19ClN4OS/c18-15-5-4-14(24-15)17(23)22-11-13(12-22)20-7-9-21(10-8-20)16-3-1-2-6-19-16/h1-6,13H,7-12H2. The number of piperazine rings is 1. The predicted octanol–water partition coefficient (Wildman–Crippen LogP) is 2.44. The first-order valence-electron chi connectivity index (χ1n) is 8.15. The van der Waals surface area contributed by atoms with Crippen LogP contribution < -0.4 is 4.90 Å². The minimum absolute atomic E-state index is 0.107. The summed E-state index contributed by atoms with van der Waals surface area (Å²) in [5, 5.41) is 0. The zero-order valence-electron chi connectivity index (χ0n) is 13.3. The molecule has 0 atom stereocenters. The van der Waals surface area contributed by atoms with Crippen LogP contribution in [0.1, 0.15) is 9.67 Å². The van der Waals surface area contributed by atoms with E-state index in [1.165, 1.54) is 11.3 Å². The lowest BCUT2D eigenvalue weighted by Gasteiger charge is -2.48. The van der Waals surface area contributed by atoms with Gasteiger partial charge in [-0.3, -0.25) is 9.69 Å². The quantitative estimate of drug-likeness (QED) is 0.840. The summed E-state index contributed by atoms with van der Waals surface area (Å²) < 4.78 is 0.668. The molecule has 0 radical (unpaired) electrons. The molecule has 0 saturated carbocycles. The van der Waals surface area contributed by atoms with E-state index < -0.39 is 0 Å². The zero-order chi connectivity index (χ0) is 16.5. The van der Waals surface area contributed by atoms with Crippen LogP contribution in [0.4, 0.5) is 5.82 Å². The largest absolute Gasteiger partial charge is 0.354 e. The van der Waals surface area contributed by atoms with Crippen LogP contribution in [0.3, 0.4) is 0 Å². The summed E-state index contributed by atoms with van der Waals surface area (Å²) in [5.74, 6) is 1.16. The van der Waals surface area contributed by atoms with E-state index in [4.69, 9.17) is 11.6 Å². The van der Waals surface area contributed by atoms with Crippen molar-refractivity contribution >= 4 is 34.7 Å². The number of likely N-dealkylation sites (tertiary alicyclic amines) is 1. The Morgan fingerprint density at radius 2 is 1.92 bits per heavy atom. The number of anilines is 1. The van der Waals surface area contributed by atoms with E-state index in [0.717, 1.165) is 50.0 Å². The number of amides is 1. The summed E-state index contributed by atoms with van der Waals surface area (Å²) in [6.45, 7) is 5.65. The minimum atomic E-state index is 0.107. The monoisotopic (exact) mass is 362 g/mol. The number of thiophene rings is 1. The van der Waals surface area contributed by atoms with Gasteiger partial charge >= 0.3 is 0 Å². The molecule has 7 heteroatoms. The summed E-state index contributed by atoms with van der Waals surface area (Å²) >= 11 is 7.27. The van der Waals surface area contributed by atoms with Crippen molar-refractivity contribution in [1.29, 1.82) is 0 Å². The molecule has 5 nitrogen and oxygen atoms in total. The maximum absolute atomic E-state index is 12.3. The molecule has 0 spiro atoms. The maximum atomic E-state index is 12.3. The second-order valence-corrected chi connectivity index (χ2v) is 7.89. The van der Waals surface area contributed by atoms with Gasteiger partial charge in [0.1, 0.15) is 5.82 Å². The van der Waals surface area contributed by atoms with Crippen LogP contribution in [-0.2, 0) is 0 Å². The van der Waals surface area contributed by atoms with Crippen LogP contribution in [0.2, 0.25) is 4.34 Å². The van der Waals surface area contributed by atoms with Crippen molar-refractivity contribution in [3.05, 3.63) is 45.7 Å². The molecule has 2 aromatic rings. The molecule has 0 unspecified atom stereocenters. The van der Waals surface area contributed by atoms with E-state index in [1.54, 1.807) is 6.07 Å². The molecule has 0 bridgehead atoms. The van der Waals surface area contributed by atoms with Gasteiger partial charge in [-0.2, -0.15) is 0 Å². The molecule has 2 saturated heterocycles. The molecule has 4 heterocycles.